The summed E-state index contributed by atoms with van der Waals surface area (Å²) >= 11 is 0. The van der Waals surface area contributed by atoms with Gasteiger partial charge in [-0.1, -0.05) is 6.92 Å². The maximum Gasteiger partial charge on any atom is 0.416 e. The number of halogens is 4. The summed E-state index contributed by atoms with van der Waals surface area (Å²) in [7, 11) is 0. The number of carbonyl (C=O) groups excluding carboxylic acids is 2. The highest BCUT2D eigenvalue weighted by molar-refractivity contribution is 5.94. The fourth-order valence-corrected chi connectivity index (χ4v) is 3.05. The van der Waals surface area contributed by atoms with E-state index in [0.717, 1.165) is 31.6 Å². The molecule has 5 nitrogen and oxygen atoms in total. The molecule has 1 aromatic carbocycles. The highest BCUT2D eigenvalue weighted by Gasteiger charge is 2.31. The van der Waals surface area contributed by atoms with Crippen LogP contribution in [-0.2, 0) is 11.0 Å². The molecule has 2 rings (SSSR count). The molecule has 2 amide bonds. The second-order valence-electron chi connectivity index (χ2n) is 6.68. The normalized spacial score (nSPS) is 15.1. The highest BCUT2D eigenvalue weighted by atomic mass is 35.5. The van der Waals surface area contributed by atoms with Crippen molar-refractivity contribution in [2.75, 3.05) is 32.7 Å². The fraction of sp³-hybridized carbons (Fsp3) is 0.579. The molecule has 0 aliphatic carbocycles. The van der Waals surface area contributed by atoms with Gasteiger partial charge >= 0.3 is 6.18 Å². The quantitative estimate of drug-likeness (QED) is 0.665. The molecular formula is C19H27ClF3N3O2. The lowest BCUT2D eigenvalue weighted by Crippen LogP contribution is -2.44. The number of carbonyl (C=O) groups is 2. The van der Waals surface area contributed by atoms with Crippen LogP contribution < -0.4 is 10.6 Å². The summed E-state index contributed by atoms with van der Waals surface area (Å²) in [5.41, 5.74) is -0.546. The van der Waals surface area contributed by atoms with E-state index in [1.807, 2.05) is 0 Å². The number of benzene rings is 1. The van der Waals surface area contributed by atoms with Crippen molar-refractivity contribution in [2.45, 2.75) is 32.4 Å². The van der Waals surface area contributed by atoms with E-state index in [1.165, 1.54) is 12.1 Å². The minimum Gasteiger partial charge on any atom is -0.355 e. The van der Waals surface area contributed by atoms with Gasteiger partial charge < -0.3 is 15.5 Å². The molecule has 0 radical (unpaired) electrons. The maximum atomic E-state index is 12.6. The molecule has 0 spiro atoms. The van der Waals surface area contributed by atoms with Crippen LogP contribution in [0.4, 0.5) is 13.2 Å². The third-order valence-electron chi connectivity index (χ3n) is 4.64. The zero-order valence-electron chi connectivity index (χ0n) is 15.8. The Hall–Kier alpha value is -1.80. The summed E-state index contributed by atoms with van der Waals surface area (Å²) in [6.07, 6.45) is -2.26. The number of nitrogens with zero attached hydrogens (tertiary/aromatic N) is 1. The van der Waals surface area contributed by atoms with E-state index in [9.17, 15) is 22.8 Å². The lowest BCUT2D eigenvalue weighted by molar-refractivity contribution is -0.137. The number of rotatable bonds is 7. The lowest BCUT2D eigenvalue weighted by Gasteiger charge is -2.31. The summed E-state index contributed by atoms with van der Waals surface area (Å²) < 4.78 is 37.8. The first kappa shape index (κ1) is 24.2. The summed E-state index contributed by atoms with van der Waals surface area (Å²) in [6.45, 7) is 5.14. The van der Waals surface area contributed by atoms with Crippen molar-refractivity contribution in [1.82, 2.24) is 15.5 Å². The van der Waals surface area contributed by atoms with Gasteiger partial charge in [-0.25, -0.2) is 0 Å². The molecular weight excluding hydrogens is 395 g/mol. The van der Waals surface area contributed by atoms with E-state index in [4.69, 9.17) is 0 Å². The van der Waals surface area contributed by atoms with Crippen molar-refractivity contribution < 1.29 is 22.8 Å². The lowest BCUT2D eigenvalue weighted by atomic mass is 9.95. The van der Waals surface area contributed by atoms with Gasteiger partial charge in [0.25, 0.3) is 5.91 Å². The molecule has 1 saturated heterocycles. The largest absolute Gasteiger partial charge is 0.416 e. The second kappa shape index (κ2) is 11.3. The minimum absolute atomic E-state index is 0. The van der Waals surface area contributed by atoms with Gasteiger partial charge in [0.1, 0.15) is 0 Å². The molecule has 1 aromatic rings. The Bertz CT molecular complexity index is 630. The monoisotopic (exact) mass is 421 g/mol. The molecule has 2 N–H and O–H groups in total. The number of alkyl halides is 3. The van der Waals surface area contributed by atoms with Crippen LogP contribution in [0, 0.1) is 5.92 Å². The average molecular weight is 422 g/mol. The molecule has 0 bridgehead atoms. The molecule has 158 valence electrons. The molecule has 1 aliphatic heterocycles. The smallest absolute Gasteiger partial charge is 0.355 e. The Morgan fingerprint density at radius 3 is 2.21 bits per heavy atom. The van der Waals surface area contributed by atoms with Gasteiger partial charge in [-0.2, -0.15) is 13.2 Å². The molecule has 28 heavy (non-hydrogen) atoms. The molecule has 0 aromatic heterocycles. The zero-order chi connectivity index (χ0) is 19.9. The van der Waals surface area contributed by atoms with Crippen LogP contribution in [0.2, 0.25) is 0 Å². The van der Waals surface area contributed by atoms with E-state index in [1.54, 1.807) is 4.90 Å². The molecule has 1 aliphatic rings. The summed E-state index contributed by atoms with van der Waals surface area (Å²) in [4.78, 5) is 26.2. The molecule has 0 atom stereocenters. The number of hydrogen-bond donors (Lipinski definition) is 2. The number of amides is 2. The predicted molar refractivity (Wildman–Crippen MR) is 103 cm³/mol. The van der Waals surface area contributed by atoms with Crippen LogP contribution in [0.5, 0.6) is 0 Å². The number of nitrogens with one attached hydrogen (secondary N) is 2. The standard InChI is InChI=1S/C19H26F3N3O2.ClH/c1-2-9-23-10-11-24-17(26)14-7-12-25(13-8-14)18(27)15-3-5-16(6-4-15)19(20,21)22;/h3-6,14,23H,2,7-13H2,1H3,(H,24,26);1H. The Balaban J connectivity index is 0.00000392. The van der Waals surface area contributed by atoms with Crippen molar-refractivity contribution in [3.8, 4) is 0 Å². The van der Waals surface area contributed by atoms with E-state index in [-0.39, 0.29) is 35.7 Å². The van der Waals surface area contributed by atoms with E-state index in [0.29, 0.717) is 32.5 Å². The Labute approximate surface area is 169 Å². The summed E-state index contributed by atoms with van der Waals surface area (Å²) in [5, 5.41) is 6.10. The molecule has 9 heteroatoms. The van der Waals surface area contributed by atoms with Gasteiger partial charge in [-0.3, -0.25) is 9.59 Å². The van der Waals surface area contributed by atoms with E-state index in [2.05, 4.69) is 17.6 Å². The highest BCUT2D eigenvalue weighted by Crippen LogP contribution is 2.29. The zero-order valence-corrected chi connectivity index (χ0v) is 16.7. The number of likely N-dealkylation sites (tertiary alicyclic amines) is 1. The van der Waals surface area contributed by atoms with Crippen molar-refractivity contribution in [2.24, 2.45) is 5.92 Å². The van der Waals surface area contributed by atoms with Gasteiger partial charge in [0.05, 0.1) is 5.56 Å². The first-order chi connectivity index (χ1) is 12.8. The van der Waals surface area contributed by atoms with Crippen LogP contribution in [-0.4, -0.2) is 49.4 Å². The van der Waals surface area contributed by atoms with E-state index >= 15 is 0 Å². The molecule has 0 saturated carbocycles. The van der Waals surface area contributed by atoms with Gasteiger partial charge in [-0.05, 0) is 50.1 Å². The molecule has 0 unspecified atom stereocenters. The third kappa shape index (κ3) is 6.98. The van der Waals surface area contributed by atoms with Crippen molar-refractivity contribution in [3.05, 3.63) is 35.4 Å². The maximum absolute atomic E-state index is 12.6. The van der Waals surface area contributed by atoms with Crippen molar-refractivity contribution in [3.63, 3.8) is 0 Å². The van der Waals surface area contributed by atoms with Gasteiger partial charge in [0.2, 0.25) is 5.91 Å². The van der Waals surface area contributed by atoms with Crippen LogP contribution in [0.1, 0.15) is 42.1 Å². The van der Waals surface area contributed by atoms with Crippen LogP contribution >= 0.6 is 12.4 Å². The van der Waals surface area contributed by atoms with Crippen LogP contribution in [0.25, 0.3) is 0 Å². The Kier molecular flexibility index (Phi) is 9.75. The second-order valence-corrected chi connectivity index (χ2v) is 6.68. The van der Waals surface area contributed by atoms with Crippen LogP contribution in [0.3, 0.4) is 0 Å². The van der Waals surface area contributed by atoms with Crippen molar-refractivity contribution >= 4 is 24.2 Å². The molecule has 1 fully saturated rings. The third-order valence-corrected chi connectivity index (χ3v) is 4.64. The van der Waals surface area contributed by atoms with Gasteiger partial charge in [0, 0.05) is 37.7 Å². The summed E-state index contributed by atoms with van der Waals surface area (Å²) in [5.74, 6) is -0.436. The average Bonchev–Trinajstić information content (AvgIpc) is 2.66. The first-order valence-corrected chi connectivity index (χ1v) is 9.28. The minimum atomic E-state index is -4.42. The van der Waals surface area contributed by atoms with E-state index < -0.39 is 11.7 Å². The SMILES string of the molecule is CCCNCCNC(=O)C1CCN(C(=O)c2ccc(C(F)(F)F)cc2)CC1.Cl. The fourth-order valence-electron chi connectivity index (χ4n) is 3.05. The van der Waals surface area contributed by atoms with Crippen LogP contribution in [0.15, 0.2) is 24.3 Å². The Morgan fingerprint density at radius 2 is 1.68 bits per heavy atom. The molecule has 1 heterocycles. The first-order valence-electron chi connectivity index (χ1n) is 9.28. The summed E-state index contributed by atoms with van der Waals surface area (Å²) in [6, 6.07) is 4.24. The Morgan fingerprint density at radius 1 is 1.07 bits per heavy atom. The number of piperidine rings is 1. The van der Waals surface area contributed by atoms with Gasteiger partial charge in [-0.15, -0.1) is 12.4 Å². The number of hydrogen-bond acceptors (Lipinski definition) is 3. The topological polar surface area (TPSA) is 61.4 Å². The predicted octanol–water partition coefficient (Wildman–Crippen LogP) is 3.10. The van der Waals surface area contributed by atoms with Crippen molar-refractivity contribution in [1.29, 1.82) is 0 Å². The van der Waals surface area contributed by atoms with Gasteiger partial charge in [0.15, 0.2) is 0 Å².